The Balaban J connectivity index is 1.42. The number of unbranched alkanes of at least 4 members (excludes halogenated alkanes) is 1. The molecule has 4 atom stereocenters. The van der Waals surface area contributed by atoms with Crippen molar-refractivity contribution in [2.45, 2.75) is 86.4 Å². The number of carbonyl (C=O) groups is 1. The third-order valence-corrected chi connectivity index (χ3v) is 9.39. The molecule has 1 N–H and O–H groups in total. The molecule has 3 rings (SSSR count). The number of carboxylic acid groups (broad SMARTS) is 1. The number of thioether (sulfide) groups is 2. The van der Waals surface area contributed by atoms with Crippen molar-refractivity contribution in [2.75, 3.05) is 5.75 Å². The Morgan fingerprint density at radius 1 is 1.04 bits per heavy atom. The van der Waals surface area contributed by atoms with E-state index in [4.69, 9.17) is 5.11 Å². The van der Waals surface area contributed by atoms with E-state index in [9.17, 15) is 4.79 Å². The summed E-state index contributed by atoms with van der Waals surface area (Å²) in [4.78, 5) is 10.5. The summed E-state index contributed by atoms with van der Waals surface area (Å²) in [7, 11) is 0. The van der Waals surface area contributed by atoms with Gasteiger partial charge in [0, 0.05) is 22.2 Å². The van der Waals surface area contributed by atoms with Crippen LogP contribution in [0, 0.1) is 11.8 Å². The second kappa shape index (κ2) is 9.56. The van der Waals surface area contributed by atoms with Crippen LogP contribution in [0.25, 0.3) is 0 Å². The lowest BCUT2D eigenvalue weighted by Gasteiger charge is -2.31. The van der Waals surface area contributed by atoms with E-state index >= 15 is 0 Å². The van der Waals surface area contributed by atoms with Crippen molar-refractivity contribution < 1.29 is 9.90 Å². The van der Waals surface area contributed by atoms with Crippen molar-refractivity contribution in [1.82, 2.24) is 0 Å². The predicted molar refractivity (Wildman–Crippen MR) is 106 cm³/mol. The lowest BCUT2D eigenvalue weighted by molar-refractivity contribution is -0.137. The molecule has 2 saturated heterocycles. The van der Waals surface area contributed by atoms with Gasteiger partial charge in [0.2, 0.25) is 0 Å². The third-order valence-electron chi connectivity index (χ3n) is 6.00. The van der Waals surface area contributed by atoms with Gasteiger partial charge in [-0.15, -0.1) is 0 Å². The minimum Gasteiger partial charge on any atom is -0.481 e. The molecule has 0 aromatic carbocycles. The van der Waals surface area contributed by atoms with Crippen molar-refractivity contribution in [3.63, 3.8) is 0 Å². The quantitative estimate of drug-likeness (QED) is 0.414. The highest BCUT2D eigenvalue weighted by molar-refractivity contribution is 8.01. The maximum atomic E-state index is 10.5. The molecule has 2 nitrogen and oxygen atoms in total. The molecule has 0 aromatic heterocycles. The van der Waals surface area contributed by atoms with Crippen LogP contribution < -0.4 is 0 Å². The maximum Gasteiger partial charge on any atom is 0.303 e. The number of carboxylic acids is 1. The number of hydrogen-bond acceptors (Lipinski definition) is 3. The summed E-state index contributed by atoms with van der Waals surface area (Å²) >= 11 is 4.57. The normalized spacial score (nSPS) is 33.5. The molecule has 24 heavy (non-hydrogen) atoms. The minimum atomic E-state index is -0.673. The van der Waals surface area contributed by atoms with Gasteiger partial charge >= 0.3 is 5.97 Å². The molecule has 2 heterocycles. The molecule has 0 amide bonds. The number of fused-ring (bicyclic) bond motifs is 2. The molecule has 4 heteroatoms. The van der Waals surface area contributed by atoms with E-state index < -0.39 is 5.97 Å². The monoisotopic (exact) mass is 368 g/mol. The number of rotatable bonds is 9. The van der Waals surface area contributed by atoms with Crippen LogP contribution in [-0.2, 0) is 4.79 Å². The molecule has 0 aromatic rings. The van der Waals surface area contributed by atoms with E-state index in [1.165, 1.54) is 57.1 Å². The fourth-order valence-electron chi connectivity index (χ4n) is 4.65. The molecule has 1 unspecified atom stereocenters. The van der Waals surface area contributed by atoms with Gasteiger partial charge in [0.1, 0.15) is 0 Å². The smallest absolute Gasteiger partial charge is 0.303 e. The van der Waals surface area contributed by atoms with E-state index in [-0.39, 0.29) is 0 Å². The molecule has 3 aliphatic rings. The SMILES string of the molecule is O=C(O)CCC/C=C\C[C@H]1C2CC[C@H](S2)[C@H]1CSC1CCCCC1. The first-order valence-electron chi connectivity index (χ1n) is 9.88. The molecule has 2 aliphatic heterocycles. The van der Waals surface area contributed by atoms with Crippen molar-refractivity contribution in [2.24, 2.45) is 11.8 Å². The highest BCUT2D eigenvalue weighted by Gasteiger charge is 2.47. The number of aliphatic carboxylic acids is 1. The lowest BCUT2D eigenvalue weighted by atomic mass is 9.78. The van der Waals surface area contributed by atoms with Gasteiger partial charge in [-0.25, -0.2) is 0 Å². The van der Waals surface area contributed by atoms with Crippen LogP contribution in [-0.4, -0.2) is 32.6 Å². The molecule has 2 bridgehead atoms. The van der Waals surface area contributed by atoms with Gasteiger partial charge in [0.05, 0.1) is 0 Å². The molecule has 0 radical (unpaired) electrons. The van der Waals surface area contributed by atoms with Crippen molar-refractivity contribution >= 4 is 29.5 Å². The van der Waals surface area contributed by atoms with Crippen molar-refractivity contribution in [3.05, 3.63) is 12.2 Å². The predicted octanol–water partition coefficient (Wildman–Crippen LogP) is 5.76. The molecular weight excluding hydrogens is 336 g/mol. The van der Waals surface area contributed by atoms with Crippen LogP contribution in [0.1, 0.15) is 70.6 Å². The Morgan fingerprint density at radius 3 is 2.54 bits per heavy atom. The van der Waals surface area contributed by atoms with E-state index in [0.29, 0.717) is 6.42 Å². The summed E-state index contributed by atoms with van der Waals surface area (Å²) in [5.74, 6) is 2.51. The zero-order valence-electron chi connectivity index (χ0n) is 14.7. The van der Waals surface area contributed by atoms with Gasteiger partial charge < -0.3 is 5.11 Å². The molecule has 1 saturated carbocycles. The van der Waals surface area contributed by atoms with E-state index in [2.05, 4.69) is 35.7 Å². The maximum absolute atomic E-state index is 10.5. The summed E-state index contributed by atoms with van der Waals surface area (Å²) in [5.41, 5.74) is 0. The van der Waals surface area contributed by atoms with Gasteiger partial charge in [0.25, 0.3) is 0 Å². The molecule has 136 valence electrons. The van der Waals surface area contributed by atoms with Crippen LogP contribution in [0.15, 0.2) is 12.2 Å². The summed E-state index contributed by atoms with van der Waals surface area (Å²) in [6.45, 7) is 0. The van der Waals surface area contributed by atoms with Crippen LogP contribution >= 0.6 is 23.5 Å². The second-order valence-electron chi connectivity index (χ2n) is 7.70. The van der Waals surface area contributed by atoms with Crippen LogP contribution in [0.4, 0.5) is 0 Å². The first-order valence-corrected chi connectivity index (χ1v) is 11.9. The van der Waals surface area contributed by atoms with Crippen LogP contribution in [0.5, 0.6) is 0 Å². The highest BCUT2D eigenvalue weighted by atomic mass is 32.2. The lowest BCUT2D eigenvalue weighted by Crippen LogP contribution is -2.29. The third kappa shape index (κ3) is 5.20. The minimum absolute atomic E-state index is 0.301. The number of hydrogen-bond donors (Lipinski definition) is 1. The average molecular weight is 369 g/mol. The van der Waals surface area contributed by atoms with Crippen molar-refractivity contribution in [3.8, 4) is 0 Å². The van der Waals surface area contributed by atoms with E-state index in [1.54, 1.807) is 0 Å². The first kappa shape index (κ1) is 18.7. The van der Waals surface area contributed by atoms with Gasteiger partial charge in [-0.05, 0) is 62.5 Å². The molecule has 1 aliphatic carbocycles. The Morgan fingerprint density at radius 2 is 1.79 bits per heavy atom. The standard InChI is InChI=1S/C20H32O2S2/c21-20(22)11-7-2-1-6-10-16-17(19-13-12-18(16)24-19)14-23-15-8-4-3-5-9-15/h1,6,15-19H,2-5,7-14H2,(H,21,22)/b6-1-/t16-,17+,18?,19+/m1/s1. The van der Waals surface area contributed by atoms with Gasteiger partial charge in [-0.2, -0.15) is 23.5 Å². The second-order valence-corrected chi connectivity index (χ2v) is 10.5. The zero-order valence-corrected chi connectivity index (χ0v) is 16.3. The Hall–Kier alpha value is -0.0900. The highest BCUT2D eigenvalue weighted by Crippen LogP contribution is 2.55. The Bertz CT molecular complexity index is 431. The Labute approximate surface area is 155 Å². The summed E-state index contributed by atoms with van der Waals surface area (Å²) < 4.78 is 0. The van der Waals surface area contributed by atoms with Gasteiger partial charge in [-0.1, -0.05) is 31.4 Å². The van der Waals surface area contributed by atoms with Crippen LogP contribution in [0.3, 0.4) is 0 Å². The zero-order chi connectivity index (χ0) is 16.8. The fourth-order valence-corrected chi connectivity index (χ4v) is 8.42. The number of allylic oxidation sites excluding steroid dienone is 2. The van der Waals surface area contributed by atoms with Crippen molar-refractivity contribution in [1.29, 1.82) is 0 Å². The summed E-state index contributed by atoms with van der Waals surface area (Å²) in [5, 5.41) is 11.5. The van der Waals surface area contributed by atoms with Gasteiger partial charge in [0.15, 0.2) is 0 Å². The molecule has 3 fully saturated rings. The van der Waals surface area contributed by atoms with E-state index in [0.717, 1.165) is 40.4 Å². The largest absolute Gasteiger partial charge is 0.481 e. The van der Waals surface area contributed by atoms with E-state index in [1.807, 2.05) is 0 Å². The topological polar surface area (TPSA) is 37.3 Å². The van der Waals surface area contributed by atoms with Crippen LogP contribution in [0.2, 0.25) is 0 Å². The van der Waals surface area contributed by atoms with Gasteiger partial charge in [-0.3, -0.25) is 4.79 Å². The summed E-state index contributed by atoms with van der Waals surface area (Å²) in [6.07, 6.45) is 17.9. The molecular formula is C20H32O2S2. The summed E-state index contributed by atoms with van der Waals surface area (Å²) in [6, 6.07) is 0. The average Bonchev–Trinajstić information content (AvgIpc) is 3.18. The first-order chi connectivity index (χ1) is 11.7. The Kier molecular flexibility index (Phi) is 7.45. The molecule has 0 spiro atoms. The fraction of sp³-hybridized carbons (Fsp3) is 0.850.